The molecule has 0 aliphatic carbocycles. The highest BCUT2D eigenvalue weighted by atomic mass is 19.1. The molecule has 4 aromatic rings. The van der Waals surface area contributed by atoms with Gasteiger partial charge in [0.15, 0.2) is 0 Å². The summed E-state index contributed by atoms with van der Waals surface area (Å²) in [6, 6.07) is 18.8. The molecule has 180 valence electrons. The number of carbonyl (C=O) groups is 1. The molecule has 4 rings (SSSR count). The van der Waals surface area contributed by atoms with Crippen LogP contribution in [0.25, 0.3) is 11.4 Å². The molecule has 0 saturated carbocycles. The number of methoxy groups -OCH3 is 1. The van der Waals surface area contributed by atoms with Crippen LogP contribution in [0, 0.1) is 11.6 Å². The number of ether oxygens (including phenoxy) is 1. The maximum Gasteiger partial charge on any atom is 0.322 e. The lowest BCUT2D eigenvalue weighted by Crippen LogP contribution is -2.38. The first-order valence-corrected chi connectivity index (χ1v) is 11.0. The number of hydrogen-bond donors (Lipinski definition) is 1. The molecular weight excluding hydrogens is 454 g/mol. The van der Waals surface area contributed by atoms with Crippen molar-refractivity contribution < 1.29 is 22.8 Å². The van der Waals surface area contributed by atoms with Crippen LogP contribution in [0.5, 0.6) is 5.75 Å². The molecule has 0 unspecified atom stereocenters. The summed E-state index contributed by atoms with van der Waals surface area (Å²) in [6.07, 6.45) is 0.277. The third kappa shape index (κ3) is 5.81. The van der Waals surface area contributed by atoms with Gasteiger partial charge in [0.25, 0.3) is 0 Å². The Bertz CT molecular complexity index is 1280. The van der Waals surface area contributed by atoms with Crippen molar-refractivity contribution in [1.82, 2.24) is 15.0 Å². The first kappa shape index (κ1) is 23.9. The fourth-order valence-corrected chi connectivity index (χ4v) is 3.59. The molecule has 1 aromatic heterocycles. The zero-order chi connectivity index (χ0) is 24.8. The van der Waals surface area contributed by atoms with Gasteiger partial charge in [-0.25, -0.2) is 13.6 Å². The second-order valence-corrected chi connectivity index (χ2v) is 7.82. The summed E-state index contributed by atoms with van der Waals surface area (Å²) in [4.78, 5) is 19.1. The maximum atomic E-state index is 14.1. The number of nitrogens with one attached hydrogen (secondary N) is 1. The van der Waals surface area contributed by atoms with Gasteiger partial charge < -0.3 is 19.5 Å². The summed E-state index contributed by atoms with van der Waals surface area (Å²) >= 11 is 0. The van der Waals surface area contributed by atoms with E-state index >= 15 is 0 Å². The van der Waals surface area contributed by atoms with Crippen molar-refractivity contribution in [2.45, 2.75) is 19.4 Å². The van der Waals surface area contributed by atoms with E-state index in [2.05, 4.69) is 15.5 Å². The number of rotatable bonds is 8. The average Bonchev–Trinajstić information content (AvgIpc) is 3.35. The maximum absolute atomic E-state index is 14.1. The average molecular weight is 478 g/mol. The molecule has 0 spiro atoms. The van der Waals surface area contributed by atoms with Crippen molar-refractivity contribution in [2.24, 2.45) is 0 Å². The lowest BCUT2D eigenvalue weighted by Gasteiger charge is -2.29. The number of nitrogens with zero attached hydrogens (tertiary/aromatic N) is 3. The van der Waals surface area contributed by atoms with Crippen LogP contribution in [0.2, 0.25) is 0 Å². The van der Waals surface area contributed by atoms with Gasteiger partial charge in [0.05, 0.1) is 18.8 Å². The Kier molecular flexibility index (Phi) is 7.35. The van der Waals surface area contributed by atoms with Gasteiger partial charge in [-0.1, -0.05) is 35.5 Å². The fourth-order valence-electron chi connectivity index (χ4n) is 3.59. The number of halogens is 2. The predicted octanol–water partition coefficient (Wildman–Crippen LogP) is 5.86. The highest BCUT2D eigenvalue weighted by Gasteiger charge is 2.23. The van der Waals surface area contributed by atoms with Gasteiger partial charge in [-0.15, -0.1) is 0 Å². The van der Waals surface area contributed by atoms with Crippen LogP contribution in [0.3, 0.4) is 0 Å². The molecule has 1 atom stereocenters. The van der Waals surface area contributed by atoms with Gasteiger partial charge in [-0.05, 0) is 48.9 Å². The zero-order valence-electron chi connectivity index (χ0n) is 19.2. The van der Waals surface area contributed by atoms with Gasteiger partial charge >= 0.3 is 6.03 Å². The molecule has 0 saturated heterocycles. The van der Waals surface area contributed by atoms with E-state index in [0.717, 1.165) is 23.3 Å². The Morgan fingerprint density at radius 2 is 1.83 bits per heavy atom. The van der Waals surface area contributed by atoms with Gasteiger partial charge in [0.2, 0.25) is 11.7 Å². The van der Waals surface area contributed by atoms with Crippen LogP contribution in [0.4, 0.5) is 19.3 Å². The topological polar surface area (TPSA) is 80.5 Å². The third-order valence-electron chi connectivity index (χ3n) is 5.57. The molecule has 9 heteroatoms. The van der Waals surface area contributed by atoms with E-state index in [4.69, 9.17) is 9.26 Å². The molecule has 2 amide bonds. The smallest absolute Gasteiger partial charge is 0.322 e. The van der Waals surface area contributed by atoms with E-state index in [1.54, 1.807) is 19.2 Å². The molecule has 0 radical (unpaired) electrons. The second-order valence-electron chi connectivity index (χ2n) is 7.82. The molecule has 35 heavy (non-hydrogen) atoms. The minimum Gasteiger partial charge on any atom is -0.497 e. The van der Waals surface area contributed by atoms with Crippen molar-refractivity contribution in [3.05, 3.63) is 95.9 Å². The molecule has 0 fully saturated rings. The summed E-state index contributed by atoms with van der Waals surface area (Å²) in [7, 11) is 1.59. The van der Waals surface area contributed by atoms with Crippen molar-refractivity contribution >= 4 is 11.7 Å². The summed E-state index contributed by atoms with van der Waals surface area (Å²) in [6.45, 7) is 2.08. The van der Waals surface area contributed by atoms with Gasteiger partial charge in [0, 0.05) is 24.6 Å². The summed E-state index contributed by atoms with van der Waals surface area (Å²) in [5.74, 6) is -0.0950. The van der Waals surface area contributed by atoms with Crippen LogP contribution in [0.15, 0.2) is 77.3 Å². The molecular formula is C26H24F2N4O3. The summed E-state index contributed by atoms with van der Waals surface area (Å²) in [5, 5.41) is 6.56. The number of benzene rings is 3. The molecule has 0 bridgehead atoms. The number of anilines is 1. The van der Waals surface area contributed by atoms with E-state index in [9.17, 15) is 13.6 Å². The number of aromatic nitrogens is 2. The number of hydrogen-bond acceptors (Lipinski definition) is 5. The normalized spacial score (nSPS) is 11.7. The Labute approximate surface area is 201 Å². The first-order valence-electron chi connectivity index (χ1n) is 11.0. The van der Waals surface area contributed by atoms with Gasteiger partial charge in [-0.2, -0.15) is 4.98 Å². The Balaban J connectivity index is 1.51. The highest BCUT2D eigenvalue weighted by Crippen LogP contribution is 2.24. The minimum absolute atomic E-state index is 0.110. The van der Waals surface area contributed by atoms with Crippen molar-refractivity contribution in [3.8, 4) is 17.1 Å². The van der Waals surface area contributed by atoms with E-state index in [-0.39, 0.29) is 24.7 Å². The van der Waals surface area contributed by atoms with Crippen LogP contribution in [-0.4, -0.2) is 34.7 Å². The van der Waals surface area contributed by atoms with Crippen LogP contribution in [-0.2, 0) is 6.42 Å². The minimum atomic E-state index is -0.855. The Hall–Kier alpha value is -4.27. The molecule has 3 aromatic carbocycles. The number of amides is 2. The van der Waals surface area contributed by atoms with Crippen LogP contribution in [0.1, 0.15) is 24.4 Å². The van der Waals surface area contributed by atoms with Gasteiger partial charge in [0.1, 0.15) is 17.4 Å². The Morgan fingerprint density at radius 3 is 2.51 bits per heavy atom. The van der Waals surface area contributed by atoms with E-state index in [1.165, 1.54) is 11.0 Å². The summed E-state index contributed by atoms with van der Waals surface area (Å²) in [5.41, 5.74) is 1.55. The molecule has 1 heterocycles. The molecule has 1 N–H and O–H groups in total. The number of carbonyl (C=O) groups excluding carboxylic acids is 1. The zero-order valence-corrected chi connectivity index (χ0v) is 19.2. The fraction of sp³-hybridized carbons (Fsp3) is 0.192. The molecule has 0 aliphatic heterocycles. The van der Waals surface area contributed by atoms with Crippen LogP contribution >= 0.6 is 0 Å². The first-order chi connectivity index (χ1) is 16.9. The lowest BCUT2D eigenvalue weighted by atomic mass is 10.1. The van der Waals surface area contributed by atoms with Crippen molar-refractivity contribution in [2.75, 3.05) is 19.0 Å². The number of urea groups is 1. The van der Waals surface area contributed by atoms with Crippen LogP contribution < -0.4 is 10.1 Å². The van der Waals surface area contributed by atoms with E-state index < -0.39 is 17.7 Å². The molecule has 0 aliphatic rings. The quantitative estimate of drug-likeness (QED) is 0.343. The predicted molar refractivity (Wildman–Crippen MR) is 127 cm³/mol. The SMILES string of the molecule is COc1ccc(-c2noc(CCN(C(=O)Nc3ccc(F)cc3F)[C@@H](C)c3ccccc3)n2)cc1. The molecule has 7 nitrogen and oxygen atoms in total. The van der Waals surface area contributed by atoms with Gasteiger partial charge in [-0.3, -0.25) is 0 Å². The highest BCUT2D eigenvalue weighted by molar-refractivity contribution is 5.89. The monoisotopic (exact) mass is 478 g/mol. The Morgan fingerprint density at radius 1 is 1.09 bits per heavy atom. The van der Waals surface area contributed by atoms with Crippen molar-refractivity contribution in [1.29, 1.82) is 0 Å². The van der Waals surface area contributed by atoms with Crippen molar-refractivity contribution in [3.63, 3.8) is 0 Å². The van der Waals surface area contributed by atoms with E-state index in [0.29, 0.717) is 17.5 Å². The summed E-state index contributed by atoms with van der Waals surface area (Å²) < 4.78 is 38.0. The second kappa shape index (κ2) is 10.8. The lowest BCUT2D eigenvalue weighted by molar-refractivity contribution is 0.191. The van der Waals surface area contributed by atoms with E-state index in [1.807, 2.05) is 49.4 Å². The standard InChI is InChI=1S/C26H24F2N4O3/c1-17(18-6-4-3-5-7-18)32(26(33)29-23-13-10-20(27)16-22(23)28)15-14-24-30-25(31-35-24)19-8-11-21(34-2)12-9-19/h3-13,16-17H,14-15H2,1-2H3,(H,29,33)/t17-/m0/s1. The third-order valence-corrected chi connectivity index (χ3v) is 5.57. The largest absolute Gasteiger partial charge is 0.497 e.